The molecule has 0 atom stereocenters. The topological polar surface area (TPSA) is 54.2 Å². The second kappa shape index (κ2) is 7.12. The monoisotopic (exact) mass is 236 g/mol. The molecule has 0 aliphatic heterocycles. The van der Waals surface area contributed by atoms with Crippen molar-refractivity contribution in [1.29, 1.82) is 0 Å². The van der Waals surface area contributed by atoms with Crippen molar-refractivity contribution < 1.29 is 0 Å². The van der Waals surface area contributed by atoms with Crippen LogP contribution in [0.3, 0.4) is 0 Å². The van der Waals surface area contributed by atoms with E-state index in [0.29, 0.717) is 11.9 Å². The third kappa shape index (κ3) is 5.04. The van der Waals surface area contributed by atoms with E-state index in [1.54, 1.807) is 6.20 Å². The van der Waals surface area contributed by atoms with Crippen LogP contribution in [0.25, 0.3) is 0 Å². The van der Waals surface area contributed by atoms with Gasteiger partial charge in [-0.25, -0.2) is 4.98 Å². The highest BCUT2D eigenvalue weighted by molar-refractivity contribution is 5.60. The number of rotatable bonds is 7. The number of hydrogen-bond acceptors (Lipinski definition) is 4. The maximum atomic E-state index is 5.74. The van der Waals surface area contributed by atoms with Crippen LogP contribution < -0.4 is 11.1 Å². The van der Waals surface area contributed by atoms with Crippen molar-refractivity contribution in [3.63, 3.8) is 0 Å². The van der Waals surface area contributed by atoms with E-state index in [1.807, 2.05) is 12.1 Å². The molecule has 0 saturated carbocycles. The molecule has 0 aliphatic carbocycles. The van der Waals surface area contributed by atoms with E-state index in [9.17, 15) is 0 Å². The summed E-state index contributed by atoms with van der Waals surface area (Å²) in [6.45, 7) is 6.52. The van der Waals surface area contributed by atoms with Crippen LogP contribution in [0.2, 0.25) is 0 Å². The minimum Gasteiger partial charge on any atom is -0.382 e. The Morgan fingerprint density at radius 1 is 1.41 bits per heavy atom. The first-order chi connectivity index (χ1) is 8.11. The molecule has 4 heteroatoms. The Balaban J connectivity index is 2.15. The number of nitrogens with zero attached hydrogens (tertiary/aromatic N) is 2. The molecular weight excluding hydrogens is 212 g/mol. The summed E-state index contributed by atoms with van der Waals surface area (Å²) in [6.07, 6.45) is 4.05. The molecule has 0 amide bonds. The number of nitrogens with two attached hydrogens (primary N) is 1. The second-order valence-electron chi connectivity index (χ2n) is 4.64. The molecule has 3 N–H and O–H groups in total. The van der Waals surface area contributed by atoms with E-state index in [1.165, 1.54) is 6.42 Å². The van der Waals surface area contributed by atoms with Crippen LogP contribution in [0, 0.1) is 0 Å². The summed E-state index contributed by atoms with van der Waals surface area (Å²) in [7, 11) is 2.16. The summed E-state index contributed by atoms with van der Waals surface area (Å²) in [4.78, 5) is 6.40. The molecule has 0 spiro atoms. The Morgan fingerprint density at radius 2 is 2.18 bits per heavy atom. The summed E-state index contributed by atoms with van der Waals surface area (Å²) in [5, 5.41) is 3.31. The van der Waals surface area contributed by atoms with E-state index in [2.05, 4.69) is 36.1 Å². The average molecular weight is 236 g/mol. The molecule has 1 aromatic rings. The van der Waals surface area contributed by atoms with Crippen LogP contribution in [0.5, 0.6) is 0 Å². The fraction of sp³-hybridized carbons (Fsp3) is 0.615. The van der Waals surface area contributed by atoms with Gasteiger partial charge in [-0.3, -0.25) is 0 Å². The molecule has 4 nitrogen and oxygen atoms in total. The van der Waals surface area contributed by atoms with Crippen molar-refractivity contribution in [1.82, 2.24) is 9.88 Å². The zero-order valence-electron chi connectivity index (χ0n) is 11.1. The van der Waals surface area contributed by atoms with Crippen molar-refractivity contribution in [2.75, 3.05) is 31.2 Å². The predicted octanol–water partition coefficient (Wildman–Crippen LogP) is 2.20. The molecule has 0 aromatic carbocycles. The smallest absolute Gasteiger partial charge is 0.146 e. The first-order valence-electron chi connectivity index (χ1n) is 6.26. The third-order valence-electron chi connectivity index (χ3n) is 2.97. The standard InChI is InChI=1S/C13H24N4/c1-11(2)17(3)10-5-4-8-15-12-7-6-9-16-13(12)14/h6-7,9,11,15H,4-5,8,10H2,1-3H3,(H2,14,16). The van der Waals surface area contributed by atoms with Crippen LogP contribution in [0.15, 0.2) is 18.3 Å². The number of anilines is 2. The molecule has 17 heavy (non-hydrogen) atoms. The quantitative estimate of drug-likeness (QED) is 0.713. The van der Waals surface area contributed by atoms with E-state index >= 15 is 0 Å². The van der Waals surface area contributed by atoms with Gasteiger partial charge in [-0.1, -0.05) is 0 Å². The Kier molecular flexibility index (Phi) is 5.77. The van der Waals surface area contributed by atoms with E-state index in [-0.39, 0.29) is 0 Å². The summed E-state index contributed by atoms with van der Waals surface area (Å²) in [6, 6.07) is 4.48. The summed E-state index contributed by atoms with van der Waals surface area (Å²) < 4.78 is 0. The predicted molar refractivity (Wildman–Crippen MR) is 74.1 cm³/mol. The van der Waals surface area contributed by atoms with Crippen LogP contribution in [0.1, 0.15) is 26.7 Å². The Labute approximate surface area is 104 Å². The molecule has 0 radical (unpaired) electrons. The van der Waals surface area contributed by atoms with Gasteiger partial charge in [0.15, 0.2) is 0 Å². The van der Waals surface area contributed by atoms with Gasteiger partial charge in [-0.2, -0.15) is 0 Å². The lowest BCUT2D eigenvalue weighted by Gasteiger charge is -2.20. The first-order valence-corrected chi connectivity index (χ1v) is 6.26. The average Bonchev–Trinajstić information content (AvgIpc) is 2.30. The lowest BCUT2D eigenvalue weighted by molar-refractivity contribution is 0.269. The number of nitrogen functional groups attached to an aromatic ring is 1. The lowest BCUT2D eigenvalue weighted by Crippen LogP contribution is -2.27. The van der Waals surface area contributed by atoms with Crippen molar-refractivity contribution in [3.05, 3.63) is 18.3 Å². The summed E-state index contributed by atoms with van der Waals surface area (Å²) in [5.41, 5.74) is 6.68. The van der Waals surface area contributed by atoms with Gasteiger partial charge in [0, 0.05) is 18.8 Å². The van der Waals surface area contributed by atoms with Gasteiger partial charge in [0.25, 0.3) is 0 Å². The van der Waals surface area contributed by atoms with E-state index in [0.717, 1.165) is 25.2 Å². The minimum atomic E-state index is 0.576. The number of hydrogen-bond donors (Lipinski definition) is 2. The highest BCUT2D eigenvalue weighted by atomic mass is 15.1. The van der Waals surface area contributed by atoms with Crippen molar-refractivity contribution in [3.8, 4) is 0 Å². The normalized spacial score (nSPS) is 11.1. The molecule has 0 bridgehead atoms. The molecule has 0 saturated heterocycles. The van der Waals surface area contributed by atoms with Gasteiger partial charge in [-0.05, 0) is 52.4 Å². The van der Waals surface area contributed by atoms with Crippen LogP contribution >= 0.6 is 0 Å². The molecule has 1 rings (SSSR count). The summed E-state index contributed by atoms with van der Waals surface area (Å²) in [5.74, 6) is 0.576. The minimum absolute atomic E-state index is 0.576. The maximum absolute atomic E-state index is 5.74. The zero-order valence-corrected chi connectivity index (χ0v) is 11.1. The molecule has 96 valence electrons. The van der Waals surface area contributed by atoms with Gasteiger partial charge in [0.2, 0.25) is 0 Å². The third-order valence-corrected chi connectivity index (χ3v) is 2.97. The molecular formula is C13H24N4. The van der Waals surface area contributed by atoms with Crippen molar-refractivity contribution in [2.45, 2.75) is 32.7 Å². The Hall–Kier alpha value is -1.29. The van der Waals surface area contributed by atoms with Gasteiger partial charge in [0.05, 0.1) is 5.69 Å². The van der Waals surface area contributed by atoms with Gasteiger partial charge < -0.3 is 16.0 Å². The molecule has 1 heterocycles. The van der Waals surface area contributed by atoms with Gasteiger partial charge in [-0.15, -0.1) is 0 Å². The fourth-order valence-corrected chi connectivity index (χ4v) is 1.53. The number of pyridine rings is 1. The van der Waals surface area contributed by atoms with E-state index in [4.69, 9.17) is 5.73 Å². The number of aromatic nitrogens is 1. The SMILES string of the molecule is CC(C)N(C)CCCCNc1cccnc1N. The van der Waals surface area contributed by atoms with Crippen LogP contribution in [-0.4, -0.2) is 36.1 Å². The second-order valence-corrected chi connectivity index (χ2v) is 4.64. The zero-order chi connectivity index (χ0) is 12.7. The molecule has 0 fully saturated rings. The molecule has 0 unspecified atom stereocenters. The van der Waals surface area contributed by atoms with Crippen LogP contribution in [-0.2, 0) is 0 Å². The van der Waals surface area contributed by atoms with E-state index < -0.39 is 0 Å². The number of unbranched alkanes of at least 4 members (excludes halogenated alkanes) is 1. The van der Waals surface area contributed by atoms with Crippen molar-refractivity contribution in [2.24, 2.45) is 0 Å². The van der Waals surface area contributed by atoms with Crippen molar-refractivity contribution >= 4 is 11.5 Å². The maximum Gasteiger partial charge on any atom is 0.146 e. The molecule has 1 aromatic heterocycles. The van der Waals surface area contributed by atoms with Crippen LogP contribution in [0.4, 0.5) is 11.5 Å². The fourth-order valence-electron chi connectivity index (χ4n) is 1.53. The highest BCUT2D eigenvalue weighted by Gasteiger charge is 2.02. The Bertz CT molecular complexity index is 325. The van der Waals surface area contributed by atoms with Gasteiger partial charge in [0.1, 0.15) is 5.82 Å². The Morgan fingerprint density at radius 3 is 2.82 bits per heavy atom. The summed E-state index contributed by atoms with van der Waals surface area (Å²) >= 11 is 0. The first kappa shape index (κ1) is 13.8. The van der Waals surface area contributed by atoms with Gasteiger partial charge >= 0.3 is 0 Å². The largest absolute Gasteiger partial charge is 0.382 e. The highest BCUT2D eigenvalue weighted by Crippen LogP contribution is 2.13. The molecule has 0 aliphatic rings. The lowest BCUT2D eigenvalue weighted by atomic mass is 10.2. The number of nitrogens with one attached hydrogen (secondary N) is 1.